The minimum atomic E-state index is 0.430. The Balaban J connectivity index is 1.63. The zero-order valence-corrected chi connectivity index (χ0v) is 13.4. The maximum atomic E-state index is 5.91. The van der Waals surface area contributed by atoms with Crippen LogP contribution in [-0.4, -0.2) is 19.3 Å². The lowest BCUT2D eigenvalue weighted by Crippen LogP contribution is -2.28. The van der Waals surface area contributed by atoms with Crippen LogP contribution in [-0.2, 0) is 4.74 Å². The molecule has 0 saturated heterocycles. The zero-order valence-electron chi connectivity index (χ0n) is 11.8. The van der Waals surface area contributed by atoms with Crippen LogP contribution in [0.4, 0.5) is 0 Å². The first kappa shape index (κ1) is 14.9. The normalized spacial score (nSPS) is 27.2. The van der Waals surface area contributed by atoms with E-state index in [9.17, 15) is 0 Å². The summed E-state index contributed by atoms with van der Waals surface area (Å²) >= 11 is 3.41. The maximum Gasteiger partial charge on any atom is 0.119 e. The molecule has 0 spiro atoms. The summed E-state index contributed by atoms with van der Waals surface area (Å²) in [4.78, 5) is 0. The molecule has 2 nitrogen and oxygen atoms in total. The first-order chi connectivity index (χ1) is 9.15. The highest BCUT2D eigenvalue weighted by molar-refractivity contribution is 9.10. The lowest BCUT2D eigenvalue weighted by Gasteiger charge is -2.31. The second-order valence-electron chi connectivity index (χ2n) is 5.56. The summed E-state index contributed by atoms with van der Waals surface area (Å²) in [6.45, 7) is 5.99. The Morgan fingerprint density at radius 3 is 2.47 bits per heavy atom. The second-order valence-corrected chi connectivity index (χ2v) is 6.48. The Hall–Kier alpha value is -0.540. The number of ether oxygens (including phenoxy) is 2. The largest absolute Gasteiger partial charge is 0.491 e. The monoisotopic (exact) mass is 326 g/mol. The van der Waals surface area contributed by atoms with Crippen LogP contribution in [0.2, 0.25) is 0 Å². The molecular formula is C16H23BrO2. The van der Waals surface area contributed by atoms with E-state index in [-0.39, 0.29) is 0 Å². The molecule has 106 valence electrons. The van der Waals surface area contributed by atoms with Crippen molar-refractivity contribution in [3.8, 4) is 5.75 Å². The zero-order chi connectivity index (χ0) is 13.7. The summed E-state index contributed by atoms with van der Waals surface area (Å²) in [6, 6.07) is 7.91. The van der Waals surface area contributed by atoms with Gasteiger partial charge < -0.3 is 9.47 Å². The molecule has 0 heterocycles. The lowest BCUT2D eigenvalue weighted by molar-refractivity contribution is -0.00908. The molecule has 1 aliphatic carbocycles. The SMILES string of the molecule is CC1CCC(OCCOc2ccc(Br)cc2)CC1C. The Labute approximate surface area is 124 Å². The van der Waals surface area contributed by atoms with Gasteiger partial charge >= 0.3 is 0 Å². The molecule has 3 atom stereocenters. The van der Waals surface area contributed by atoms with Crippen molar-refractivity contribution in [2.24, 2.45) is 11.8 Å². The van der Waals surface area contributed by atoms with E-state index in [1.54, 1.807) is 0 Å². The van der Waals surface area contributed by atoms with Gasteiger partial charge in [0, 0.05) is 4.47 Å². The Morgan fingerprint density at radius 1 is 1.05 bits per heavy atom. The van der Waals surface area contributed by atoms with E-state index in [4.69, 9.17) is 9.47 Å². The molecule has 1 fully saturated rings. The average molecular weight is 327 g/mol. The molecule has 19 heavy (non-hydrogen) atoms. The van der Waals surface area contributed by atoms with Gasteiger partial charge in [0.1, 0.15) is 12.4 Å². The topological polar surface area (TPSA) is 18.5 Å². The molecule has 0 aliphatic heterocycles. The molecule has 1 aromatic carbocycles. The van der Waals surface area contributed by atoms with Crippen molar-refractivity contribution in [2.45, 2.75) is 39.2 Å². The highest BCUT2D eigenvalue weighted by Crippen LogP contribution is 2.30. The van der Waals surface area contributed by atoms with E-state index in [0.29, 0.717) is 19.3 Å². The highest BCUT2D eigenvalue weighted by atomic mass is 79.9. The van der Waals surface area contributed by atoms with Crippen molar-refractivity contribution < 1.29 is 9.47 Å². The molecule has 2 rings (SSSR count). The molecule has 0 aromatic heterocycles. The van der Waals surface area contributed by atoms with Crippen molar-refractivity contribution in [2.75, 3.05) is 13.2 Å². The number of benzene rings is 1. The fraction of sp³-hybridized carbons (Fsp3) is 0.625. The van der Waals surface area contributed by atoms with Gasteiger partial charge in [-0.1, -0.05) is 29.8 Å². The average Bonchev–Trinajstić information content (AvgIpc) is 2.41. The summed E-state index contributed by atoms with van der Waals surface area (Å²) in [5, 5.41) is 0. The van der Waals surface area contributed by atoms with Crippen LogP contribution in [0.1, 0.15) is 33.1 Å². The summed E-state index contributed by atoms with van der Waals surface area (Å²) in [7, 11) is 0. The predicted octanol–water partition coefficient (Wildman–Crippen LogP) is 4.67. The van der Waals surface area contributed by atoms with Crippen LogP contribution in [0.25, 0.3) is 0 Å². The fourth-order valence-corrected chi connectivity index (χ4v) is 2.82. The van der Waals surface area contributed by atoms with Gasteiger partial charge in [0.15, 0.2) is 0 Å². The molecule has 1 aliphatic rings. The highest BCUT2D eigenvalue weighted by Gasteiger charge is 2.24. The molecule has 3 heteroatoms. The van der Waals surface area contributed by atoms with E-state index < -0.39 is 0 Å². The predicted molar refractivity (Wildman–Crippen MR) is 81.6 cm³/mol. The summed E-state index contributed by atoms with van der Waals surface area (Å²) in [5.41, 5.74) is 0. The van der Waals surface area contributed by atoms with Crippen molar-refractivity contribution in [1.82, 2.24) is 0 Å². The molecule has 1 aromatic rings. The molecule has 0 radical (unpaired) electrons. The third kappa shape index (κ3) is 4.81. The van der Waals surface area contributed by atoms with Crippen LogP contribution in [0, 0.1) is 11.8 Å². The quantitative estimate of drug-likeness (QED) is 0.732. The van der Waals surface area contributed by atoms with Gasteiger partial charge in [0.05, 0.1) is 12.7 Å². The van der Waals surface area contributed by atoms with E-state index >= 15 is 0 Å². The Bertz CT molecular complexity index is 377. The van der Waals surface area contributed by atoms with Gasteiger partial charge in [0.25, 0.3) is 0 Å². The van der Waals surface area contributed by atoms with Crippen molar-refractivity contribution in [1.29, 1.82) is 0 Å². The van der Waals surface area contributed by atoms with Crippen molar-refractivity contribution >= 4 is 15.9 Å². The van der Waals surface area contributed by atoms with Gasteiger partial charge in [-0.2, -0.15) is 0 Å². The molecule has 3 unspecified atom stereocenters. The first-order valence-corrected chi connectivity index (χ1v) is 7.94. The maximum absolute atomic E-state index is 5.91. The summed E-state index contributed by atoms with van der Waals surface area (Å²) in [5.74, 6) is 2.53. The van der Waals surface area contributed by atoms with Crippen LogP contribution < -0.4 is 4.74 Å². The fourth-order valence-electron chi connectivity index (χ4n) is 2.55. The standard InChI is InChI=1S/C16H23BrO2/c1-12-3-6-16(11-13(12)2)19-10-9-18-15-7-4-14(17)5-8-15/h4-5,7-8,12-13,16H,3,6,9-11H2,1-2H3. The van der Waals surface area contributed by atoms with Crippen LogP contribution in [0.3, 0.4) is 0 Å². The van der Waals surface area contributed by atoms with E-state index in [2.05, 4.69) is 29.8 Å². The second kappa shape index (κ2) is 7.30. The van der Waals surface area contributed by atoms with Crippen molar-refractivity contribution in [3.63, 3.8) is 0 Å². The lowest BCUT2D eigenvalue weighted by atomic mass is 9.80. The van der Waals surface area contributed by atoms with E-state index in [0.717, 1.165) is 22.1 Å². The van der Waals surface area contributed by atoms with Crippen LogP contribution >= 0.6 is 15.9 Å². The summed E-state index contributed by atoms with van der Waals surface area (Å²) < 4.78 is 12.6. The molecule has 0 bridgehead atoms. The molecule has 0 N–H and O–H groups in total. The van der Waals surface area contributed by atoms with Gasteiger partial charge in [-0.15, -0.1) is 0 Å². The molecular weight excluding hydrogens is 304 g/mol. The number of hydrogen-bond donors (Lipinski definition) is 0. The minimum Gasteiger partial charge on any atom is -0.491 e. The van der Waals surface area contributed by atoms with E-state index in [1.165, 1.54) is 19.3 Å². The van der Waals surface area contributed by atoms with Gasteiger partial charge in [-0.05, 0) is 55.4 Å². The first-order valence-electron chi connectivity index (χ1n) is 7.15. The minimum absolute atomic E-state index is 0.430. The number of rotatable bonds is 5. The van der Waals surface area contributed by atoms with Crippen LogP contribution in [0.15, 0.2) is 28.7 Å². The van der Waals surface area contributed by atoms with Gasteiger partial charge in [-0.3, -0.25) is 0 Å². The molecule has 0 amide bonds. The number of hydrogen-bond acceptors (Lipinski definition) is 2. The van der Waals surface area contributed by atoms with E-state index in [1.807, 2.05) is 24.3 Å². The summed E-state index contributed by atoms with van der Waals surface area (Å²) in [6.07, 6.45) is 4.11. The smallest absolute Gasteiger partial charge is 0.119 e. The van der Waals surface area contributed by atoms with Crippen molar-refractivity contribution in [3.05, 3.63) is 28.7 Å². The third-order valence-corrected chi connectivity index (χ3v) is 4.60. The Morgan fingerprint density at radius 2 is 1.79 bits per heavy atom. The van der Waals surface area contributed by atoms with Crippen LogP contribution in [0.5, 0.6) is 5.75 Å². The van der Waals surface area contributed by atoms with Gasteiger partial charge in [-0.25, -0.2) is 0 Å². The molecule has 1 saturated carbocycles. The number of halogens is 1. The third-order valence-electron chi connectivity index (χ3n) is 4.07. The van der Waals surface area contributed by atoms with Gasteiger partial charge in [0.2, 0.25) is 0 Å². The Kier molecular flexibility index (Phi) is 5.71.